The Morgan fingerprint density at radius 2 is 2.14 bits per heavy atom. The highest BCUT2D eigenvalue weighted by Gasteiger charge is 2.25. The number of thioether (sulfide) groups is 1. The van der Waals surface area contributed by atoms with Crippen molar-refractivity contribution in [1.82, 2.24) is 9.55 Å². The number of hydrogen-bond acceptors (Lipinski definition) is 6. The van der Waals surface area contributed by atoms with E-state index in [9.17, 15) is 4.79 Å². The lowest BCUT2D eigenvalue weighted by atomic mass is 10.2. The van der Waals surface area contributed by atoms with Crippen LogP contribution in [0.15, 0.2) is 34.2 Å². The van der Waals surface area contributed by atoms with Crippen molar-refractivity contribution in [2.45, 2.75) is 50.3 Å². The van der Waals surface area contributed by atoms with Gasteiger partial charge in [-0.2, -0.15) is 0 Å². The zero-order chi connectivity index (χ0) is 19.8. The quantitative estimate of drug-likeness (QED) is 0.424. The van der Waals surface area contributed by atoms with Gasteiger partial charge in [0.25, 0.3) is 5.56 Å². The molecule has 1 aromatic carbocycles. The average Bonchev–Trinajstić information content (AvgIpc) is 3.45. The molecule has 0 bridgehead atoms. The first-order valence-electron chi connectivity index (χ1n) is 10.3. The van der Waals surface area contributed by atoms with Gasteiger partial charge in [0.2, 0.25) is 0 Å². The Morgan fingerprint density at radius 3 is 2.90 bits per heavy atom. The van der Waals surface area contributed by atoms with Crippen molar-refractivity contribution in [3.63, 3.8) is 0 Å². The average molecular weight is 429 g/mol. The third-order valence-corrected chi connectivity index (χ3v) is 7.79. The van der Waals surface area contributed by atoms with E-state index >= 15 is 0 Å². The number of nitrogens with zero attached hydrogens (tertiary/aromatic N) is 2. The minimum Gasteiger partial charge on any atom is -0.494 e. The third-order valence-electron chi connectivity index (χ3n) is 5.54. The van der Waals surface area contributed by atoms with Gasteiger partial charge in [0.1, 0.15) is 10.6 Å². The van der Waals surface area contributed by atoms with E-state index in [2.05, 4.69) is 0 Å². The fourth-order valence-corrected chi connectivity index (χ4v) is 6.53. The van der Waals surface area contributed by atoms with E-state index in [4.69, 9.17) is 14.5 Å². The number of fused-ring (bicyclic) bond motifs is 3. The smallest absolute Gasteiger partial charge is 0.267 e. The second kappa shape index (κ2) is 8.13. The van der Waals surface area contributed by atoms with Crippen LogP contribution in [0.3, 0.4) is 0 Å². The fraction of sp³-hybridized carbons (Fsp3) is 0.455. The van der Waals surface area contributed by atoms with Gasteiger partial charge in [0, 0.05) is 17.2 Å². The van der Waals surface area contributed by atoms with Crippen LogP contribution in [0, 0.1) is 0 Å². The highest BCUT2D eigenvalue weighted by Crippen LogP contribution is 2.36. The van der Waals surface area contributed by atoms with Gasteiger partial charge in [-0.05, 0) is 68.9 Å². The molecule has 5 nitrogen and oxygen atoms in total. The van der Waals surface area contributed by atoms with Gasteiger partial charge in [0.05, 0.1) is 23.8 Å². The van der Waals surface area contributed by atoms with Gasteiger partial charge < -0.3 is 9.47 Å². The molecule has 0 N–H and O–H groups in total. The lowest BCUT2D eigenvalue weighted by molar-refractivity contribution is 0.129. The number of thiophene rings is 1. The zero-order valence-corrected chi connectivity index (χ0v) is 18.1. The van der Waals surface area contributed by atoms with Crippen LogP contribution in [-0.4, -0.2) is 34.6 Å². The maximum Gasteiger partial charge on any atom is 0.267 e. The van der Waals surface area contributed by atoms with E-state index in [0.29, 0.717) is 6.61 Å². The number of benzene rings is 1. The van der Waals surface area contributed by atoms with Crippen LogP contribution in [0.4, 0.5) is 0 Å². The first kappa shape index (κ1) is 19.2. The van der Waals surface area contributed by atoms with Crippen molar-refractivity contribution in [3.8, 4) is 11.4 Å². The summed E-state index contributed by atoms with van der Waals surface area (Å²) in [6, 6.07) is 7.73. The molecule has 5 rings (SSSR count). The molecule has 1 aliphatic heterocycles. The number of rotatable bonds is 6. The van der Waals surface area contributed by atoms with Crippen molar-refractivity contribution in [1.29, 1.82) is 0 Å². The van der Waals surface area contributed by atoms with E-state index in [1.807, 2.05) is 31.2 Å². The molecule has 7 heteroatoms. The molecule has 3 heterocycles. The molecule has 1 saturated heterocycles. The summed E-state index contributed by atoms with van der Waals surface area (Å²) in [6.07, 6.45) is 5.62. The van der Waals surface area contributed by atoms with Gasteiger partial charge in [0.15, 0.2) is 5.16 Å². The van der Waals surface area contributed by atoms with Crippen molar-refractivity contribution >= 4 is 33.3 Å². The summed E-state index contributed by atoms with van der Waals surface area (Å²) in [5.74, 6) is 1.63. The van der Waals surface area contributed by atoms with Gasteiger partial charge in [-0.1, -0.05) is 11.8 Å². The Kier molecular flexibility index (Phi) is 5.37. The summed E-state index contributed by atoms with van der Waals surface area (Å²) in [6.45, 7) is 3.42. The van der Waals surface area contributed by atoms with Crippen molar-refractivity contribution in [2.24, 2.45) is 0 Å². The molecule has 1 atom stereocenters. The van der Waals surface area contributed by atoms with Crippen LogP contribution >= 0.6 is 23.1 Å². The lowest BCUT2D eigenvalue weighted by Crippen LogP contribution is -2.22. The first-order chi connectivity index (χ1) is 14.2. The van der Waals surface area contributed by atoms with Gasteiger partial charge >= 0.3 is 0 Å². The molecule has 2 aliphatic rings. The minimum atomic E-state index is 0.0494. The molecule has 0 amide bonds. The molecular formula is C22H24N2O3S2. The second-order valence-corrected chi connectivity index (χ2v) is 9.52. The summed E-state index contributed by atoms with van der Waals surface area (Å²) in [5.41, 5.74) is 2.10. The largest absolute Gasteiger partial charge is 0.494 e. The molecular weight excluding hydrogens is 404 g/mol. The van der Waals surface area contributed by atoms with E-state index in [0.717, 1.165) is 71.3 Å². The number of hydrogen-bond donors (Lipinski definition) is 0. The normalized spacial score (nSPS) is 18.4. The molecule has 1 fully saturated rings. The summed E-state index contributed by atoms with van der Waals surface area (Å²) in [4.78, 5) is 20.8. The lowest BCUT2D eigenvalue weighted by Gasteiger charge is -2.14. The molecule has 3 aromatic rings. The monoisotopic (exact) mass is 428 g/mol. The standard InChI is InChI=1S/C22H24N2O3S2/c1-2-26-15-10-8-14(9-11-15)24-21(25)19-17-6-3-7-18(17)29-20(19)23-22(24)28-13-16-5-4-12-27-16/h8-11,16H,2-7,12-13H2,1H3. The van der Waals surface area contributed by atoms with Crippen LogP contribution in [-0.2, 0) is 17.6 Å². The van der Waals surface area contributed by atoms with E-state index in [1.54, 1.807) is 27.7 Å². The highest BCUT2D eigenvalue weighted by atomic mass is 32.2. The molecule has 0 spiro atoms. The minimum absolute atomic E-state index is 0.0494. The Bertz CT molecular complexity index is 1080. The Hall–Kier alpha value is -1.83. The third kappa shape index (κ3) is 3.60. The van der Waals surface area contributed by atoms with Crippen LogP contribution < -0.4 is 10.3 Å². The second-order valence-electron chi connectivity index (χ2n) is 7.45. The predicted molar refractivity (Wildman–Crippen MR) is 118 cm³/mol. The number of ether oxygens (including phenoxy) is 2. The molecule has 1 aliphatic carbocycles. The van der Waals surface area contributed by atoms with Gasteiger partial charge in [-0.15, -0.1) is 11.3 Å². The van der Waals surface area contributed by atoms with Crippen LogP contribution in [0.25, 0.3) is 15.9 Å². The maximum absolute atomic E-state index is 13.6. The predicted octanol–water partition coefficient (Wildman–Crippen LogP) is 4.61. The fourth-order valence-electron chi connectivity index (χ4n) is 4.15. The summed E-state index contributed by atoms with van der Waals surface area (Å²) in [5, 5.41) is 1.57. The zero-order valence-electron chi connectivity index (χ0n) is 16.5. The first-order valence-corrected chi connectivity index (χ1v) is 12.1. The van der Waals surface area contributed by atoms with Crippen LogP contribution in [0.1, 0.15) is 36.6 Å². The van der Waals surface area contributed by atoms with Gasteiger partial charge in [-0.25, -0.2) is 4.98 Å². The topological polar surface area (TPSA) is 53.4 Å². The Morgan fingerprint density at radius 1 is 1.28 bits per heavy atom. The summed E-state index contributed by atoms with van der Waals surface area (Å²) in [7, 11) is 0. The van der Waals surface area contributed by atoms with Crippen LogP contribution in [0.2, 0.25) is 0 Å². The van der Waals surface area contributed by atoms with Crippen molar-refractivity contribution in [2.75, 3.05) is 19.0 Å². The van der Waals surface area contributed by atoms with E-state index in [-0.39, 0.29) is 11.7 Å². The van der Waals surface area contributed by atoms with E-state index < -0.39 is 0 Å². The van der Waals surface area contributed by atoms with Gasteiger partial charge in [-0.3, -0.25) is 9.36 Å². The Balaban J connectivity index is 1.60. The molecule has 0 radical (unpaired) electrons. The van der Waals surface area contributed by atoms with E-state index in [1.165, 1.54) is 10.4 Å². The molecule has 152 valence electrons. The molecule has 29 heavy (non-hydrogen) atoms. The Labute approximate surface area is 178 Å². The number of aryl methyl sites for hydroxylation is 2. The highest BCUT2D eigenvalue weighted by molar-refractivity contribution is 7.99. The number of aromatic nitrogens is 2. The maximum atomic E-state index is 13.6. The van der Waals surface area contributed by atoms with Crippen molar-refractivity contribution in [3.05, 3.63) is 45.1 Å². The molecule has 2 aromatic heterocycles. The SMILES string of the molecule is CCOc1ccc(-n2c(SCC3CCCO3)nc3sc4c(c3c2=O)CCC4)cc1. The van der Waals surface area contributed by atoms with Crippen LogP contribution in [0.5, 0.6) is 5.75 Å². The summed E-state index contributed by atoms with van der Waals surface area (Å²) >= 11 is 3.32. The van der Waals surface area contributed by atoms with Crippen molar-refractivity contribution < 1.29 is 9.47 Å². The summed E-state index contributed by atoms with van der Waals surface area (Å²) < 4.78 is 13.1. The molecule has 1 unspecified atom stereocenters. The molecule has 0 saturated carbocycles.